The first-order chi connectivity index (χ1) is 14.2. The van der Waals surface area contributed by atoms with Gasteiger partial charge in [-0.3, -0.25) is 9.89 Å². The van der Waals surface area contributed by atoms with E-state index in [0.717, 1.165) is 5.69 Å². The molecule has 12 heteroatoms. The molecular formula is C18H22F3N5O4. The number of hydrogen-bond donors (Lipinski definition) is 3. The summed E-state index contributed by atoms with van der Waals surface area (Å²) in [5.74, 6) is 0.518. The Morgan fingerprint density at radius 3 is 2.90 bits per heavy atom. The molecule has 1 aliphatic carbocycles. The van der Waals surface area contributed by atoms with Gasteiger partial charge in [0.25, 0.3) is 0 Å². The van der Waals surface area contributed by atoms with E-state index in [1.807, 2.05) is 0 Å². The number of ether oxygens (including phenoxy) is 1. The van der Waals surface area contributed by atoms with Crippen molar-refractivity contribution in [1.82, 2.24) is 20.5 Å². The monoisotopic (exact) mass is 429 g/mol. The topological polar surface area (TPSA) is 122 Å². The molecule has 1 aliphatic rings. The van der Waals surface area contributed by atoms with Crippen LogP contribution >= 0.6 is 0 Å². The van der Waals surface area contributed by atoms with E-state index in [9.17, 15) is 22.8 Å². The molecule has 164 valence electrons. The fourth-order valence-electron chi connectivity index (χ4n) is 3.40. The number of amides is 2. The molecule has 2 amide bonds. The third-order valence-corrected chi connectivity index (χ3v) is 4.68. The number of hydrogen-bond acceptors (Lipinski definition) is 6. The van der Waals surface area contributed by atoms with Crippen molar-refractivity contribution in [2.24, 2.45) is 0 Å². The summed E-state index contributed by atoms with van der Waals surface area (Å²) in [6.45, 7) is 1.27. The number of alkyl halides is 3. The van der Waals surface area contributed by atoms with Gasteiger partial charge in [-0.05, 0) is 26.2 Å². The molecule has 2 heterocycles. The van der Waals surface area contributed by atoms with Crippen molar-refractivity contribution >= 4 is 17.8 Å². The van der Waals surface area contributed by atoms with E-state index in [1.54, 1.807) is 6.07 Å². The number of halogens is 3. The Bertz CT molecular complexity index is 852. The molecule has 1 unspecified atom stereocenters. The van der Waals surface area contributed by atoms with Crippen LogP contribution in [0.1, 0.15) is 50.0 Å². The van der Waals surface area contributed by atoms with Gasteiger partial charge in [-0.15, -0.1) is 0 Å². The smallest absolute Gasteiger partial charge is 0.407 e. The van der Waals surface area contributed by atoms with Crippen molar-refractivity contribution < 1.29 is 31.9 Å². The molecule has 3 atom stereocenters. The Morgan fingerprint density at radius 1 is 1.40 bits per heavy atom. The highest BCUT2D eigenvalue weighted by molar-refractivity contribution is 5.91. The lowest BCUT2D eigenvalue weighted by Gasteiger charge is -2.18. The summed E-state index contributed by atoms with van der Waals surface area (Å²) < 4.78 is 47.3. The fourth-order valence-corrected chi connectivity index (χ4v) is 3.40. The average Bonchev–Trinajstić information content (AvgIpc) is 3.34. The number of H-pyrrole nitrogens is 1. The van der Waals surface area contributed by atoms with Crippen LogP contribution in [0.3, 0.4) is 0 Å². The summed E-state index contributed by atoms with van der Waals surface area (Å²) in [6.07, 6.45) is -2.20. The lowest BCUT2D eigenvalue weighted by atomic mass is 10.0. The van der Waals surface area contributed by atoms with Crippen molar-refractivity contribution in [3.63, 3.8) is 0 Å². The number of nitrogens with zero attached hydrogens (tertiary/aromatic N) is 2. The van der Waals surface area contributed by atoms with E-state index >= 15 is 0 Å². The first kappa shape index (κ1) is 21.7. The second-order valence-electron chi connectivity index (χ2n) is 7.30. The minimum absolute atomic E-state index is 0.0304. The van der Waals surface area contributed by atoms with Gasteiger partial charge in [-0.25, -0.2) is 9.78 Å². The van der Waals surface area contributed by atoms with Crippen molar-refractivity contribution in [2.75, 3.05) is 5.32 Å². The third-order valence-electron chi connectivity index (χ3n) is 4.68. The number of rotatable bonds is 7. The van der Waals surface area contributed by atoms with Crippen LogP contribution in [0, 0.1) is 0 Å². The van der Waals surface area contributed by atoms with Crippen molar-refractivity contribution in [1.29, 1.82) is 0 Å². The maximum atomic E-state index is 12.3. The quantitative estimate of drug-likeness (QED) is 0.621. The normalized spacial score (nSPS) is 20.0. The molecule has 0 aliphatic heterocycles. The summed E-state index contributed by atoms with van der Waals surface area (Å²) in [5, 5.41) is 11.8. The van der Waals surface area contributed by atoms with E-state index in [2.05, 4.69) is 25.8 Å². The number of carbonyl (C=O) groups excluding carboxylic acids is 2. The number of oxazole rings is 1. The predicted octanol–water partition coefficient (Wildman–Crippen LogP) is 3.28. The first-order valence-corrected chi connectivity index (χ1v) is 9.44. The zero-order valence-electron chi connectivity index (χ0n) is 16.2. The van der Waals surface area contributed by atoms with Crippen LogP contribution < -0.4 is 10.6 Å². The minimum atomic E-state index is -4.35. The van der Waals surface area contributed by atoms with Crippen LogP contribution in [-0.2, 0) is 16.0 Å². The van der Waals surface area contributed by atoms with E-state index in [4.69, 9.17) is 9.15 Å². The SMILES string of the molecule is CC(CC(F)(F)F)NC(=O)O[C@@H]1CC[C@H](c2cc(NC(=O)Cc3cnco3)n[nH]2)C1. The lowest BCUT2D eigenvalue weighted by Crippen LogP contribution is -2.37. The number of aromatic amines is 1. The van der Waals surface area contributed by atoms with Gasteiger partial charge in [0.1, 0.15) is 11.9 Å². The highest BCUT2D eigenvalue weighted by Gasteiger charge is 2.33. The van der Waals surface area contributed by atoms with Crippen LogP contribution in [0.4, 0.5) is 23.8 Å². The van der Waals surface area contributed by atoms with Gasteiger partial charge >= 0.3 is 12.3 Å². The average molecular weight is 429 g/mol. The Hall–Kier alpha value is -3.05. The molecule has 2 aromatic rings. The van der Waals surface area contributed by atoms with Crippen LogP contribution in [0.15, 0.2) is 23.1 Å². The summed E-state index contributed by atoms with van der Waals surface area (Å²) in [6, 6.07) is 0.641. The van der Waals surface area contributed by atoms with E-state index in [0.29, 0.717) is 30.8 Å². The Kier molecular flexibility index (Phi) is 6.63. The van der Waals surface area contributed by atoms with Crippen LogP contribution in [0.2, 0.25) is 0 Å². The first-order valence-electron chi connectivity index (χ1n) is 9.44. The second kappa shape index (κ2) is 9.18. The van der Waals surface area contributed by atoms with Gasteiger partial charge in [0, 0.05) is 23.7 Å². The molecule has 1 saturated carbocycles. The molecule has 0 spiro atoms. The van der Waals surface area contributed by atoms with Gasteiger partial charge in [-0.2, -0.15) is 18.3 Å². The summed E-state index contributed by atoms with van der Waals surface area (Å²) in [5.41, 5.74) is 0.780. The third kappa shape index (κ3) is 6.49. The number of anilines is 1. The number of alkyl carbamates (subject to hydrolysis) is 1. The number of aromatic nitrogens is 3. The number of carbonyl (C=O) groups is 2. The van der Waals surface area contributed by atoms with E-state index in [-0.39, 0.29) is 18.2 Å². The maximum Gasteiger partial charge on any atom is 0.407 e. The molecule has 0 saturated heterocycles. The molecule has 2 aromatic heterocycles. The van der Waals surface area contributed by atoms with Crippen molar-refractivity contribution in [3.05, 3.63) is 30.1 Å². The molecule has 0 aromatic carbocycles. The van der Waals surface area contributed by atoms with Crippen molar-refractivity contribution in [3.8, 4) is 0 Å². The molecule has 0 bridgehead atoms. The molecular weight excluding hydrogens is 407 g/mol. The fraction of sp³-hybridized carbons (Fsp3) is 0.556. The highest BCUT2D eigenvalue weighted by Crippen LogP contribution is 2.36. The van der Waals surface area contributed by atoms with Gasteiger partial charge in [0.05, 0.1) is 19.0 Å². The van der Waals surface area contributed by atoms with E-state index < -0.39 is 30.8 Å². The zero-order chi connectivity index (χ0) is 21.7. The molecule has 0 radical (unpaired) electrons. The predicted molar refractivity (Wildman–Crippen MR) is 97.6 cm³/mol. The Morgan fingerprint density at radius 2 is 2.20 bits per heavy atom. The lowest BCUT2D eigenvalue weighted by molar-refractivity contribution is -0.138. The standard InChI is InChI=1S/C18H22F3N5O4/c1-10(7-18(19,20)21)23-17(28)30-12-3-2-11(4-12)14-6-15(26-25-14)24-16(27)5-13-8-22-9-29-13/h6,8-12H,2-5,7H2,1H3,(H,23,28)(H2,24,25,26,27)/t10?,11-,12+/m0/s1. The summed E-state index contributed by atoms with van der Waals surface area (Å²) in [7, 11) is 0. The summed E-state index contributed by atoms with van der Waals surface area (Å²) >= 11 is 0. The van der Waals surface area contributed by atoms with Gasteiger partial charge in [0.15, 0.2) is 12.2 Å². The molecule has 30 heavy (non-hydrogen) atoms. The van der Waals surface area contributed by atoms with Gasteiger partial charge < -0.3 is 19.8 Å². The molecule has 3 N–H and O–H groups in total. The molecule has 9 nitrogen and oxygen atoms in total. The van der Waals surface area contributed by atoms with Crippen LogP contribution in [0.25, 0.3) is 0 Å². The number of nitrogens with one attached hydrogen (secondary N) is 3. The molecule has 1 fully saturated rings. The van der Waals surface area contributed by atoms with Gasteiger partial charge in [-0.1, -0.05) is 0 Å². The van der Waals surface area contributed by atoms with Crippen molar-refractivity contribution in [2.45, 2.75) is 63.3 Å². The Balaban J connectivity index is 1.44. The van der Waals surface area contributed by atoms with Crippen LogP contribution in [0.5, 0.6) is 0 Å². The molecule has 3 rings (SSSR count). The van der Waals surface area contributed by atoms with Crippen LogP contribution in [-0.4, -0.2) is 45.5 Å². The summed E-state index contributed by atoms with van der Waals surface area (Å²) in [4.78, 5) is 27.5. The largest absolute Gasteiger partial charge is 0.448 e. The van der Waals surface area contributed by atoms with E-state index in [1.165, 1.54) is 19.5 Å². The Labute approximate surface area is 169 Å². The van der Waals surface area contributed by atoms with Gasteiger partial charge in [0.2, 0.25) is 5.91 Å². The minimum Gasteiger partial charge on any atom is -0.448 e. The maximum absolute atomic E-state index is 12.3. The highest BCUT2D eigenvalue weighted by atomic mass is 19.4. The zero-order valence-corrected chi connectivity index (χ0v) is 16.2. The second-order valence-corrected chi connectivity index (χ2v) is 7.30.